The van der Waals surface area contributed by atoms with E-state index in [1.54, 1.807) is 6.92 Å². The summed E-state index contributed by atoms with van der Waals surface area (Å²) in [5.74, 6) is -41.4. The first kappa shape index (κ1) is 25.8. The van der Waals surface area contributed by atoms with Gasteiger partial charge < -0.3 is 0 Å². The Morgan fingerprint density at radius 1 is 0.370 bits per heavy atom. The third kappa shape index (κ3) is 3.07. The topological polar surface area (TPSA) is 0 Å². The van der Waals surface area contributed by atoms with Crippen molar-refractivity contribution < 1.29 is 74.6 Å². The molecule has 0 fully saturated rings. The molecule has 27 heavy (non-hydrogen) atoms. The van der Waals surface area contributed by atoms with E-state index in [2.05, 4.69) is 0 Å². The van der Waals surface area contributed by atoms with Crippen LogP contribution in [0, 0.1) is 6.92 Å². The molecule has 163 valence electrons. The SMILES string of the molecule is [CH2]CC(F)(C(F)(F)F)C(F)(F)C(F)(F)C(F)(F)C(F)(F)C(F)(F)C(F)(F)F. The maximum Gasteiger partial charge on any atom is 0.460 e. The zero-order chi connectivity index (χ0) is 22.7. The summed E-state index contributed by atoms with van der Waals surface area (Å²) in [6.07, 6.45) is -18.0. The first-order chi connectivity index (χ1) is 11.3. The summed E-state index contributed by atoms with van der Waals surface area (Å²) in [6.45, 7) is 1.77. The normalized spacial score (nSPS) is 18.4. The lowest BCUT2D eigenvalue weighted by molar-refractivity contribution is -0.456. The van der Waals surface area contributed by atoms with Crippen LogP contribution in [-0.4, -0.2) is 47.6 Å². The molecule has 0 aromatic carbocycles. The third-order valence-corrected chi connectivity index (χ3v) is 3.22. The molecular weight excluding hydrogens is 443 g/mol. The lowest BCUT2D eigenvalue weighted by Crippen LogP contribution is -2.74. The Kier molecular flexibility index (Phi) is 5.88. The molecule has 0 aromatic rings. The molecule has 0 aliphatic carbocycles. The van der Waals surface area contributed by atoms with Gasteiger partial charge in [-0.3, -0.25) is 0 Å². The van der Waals surface area contributed by atoms with Crippen LogP contribution in [0.5, 0.6) is 0 Å². The monoisotopic (exact) mass is 447 g/mol. The van der Waals surface area contributed by atoms with Crippen LogP contribution >= 0.6 is 0 Å². The van der Waals surface area contributed by atoms with Crippen LogP contribution in [0.3, 0.4) is 0 Å². The lowest BCUT2D eigenvalue weighted by atomic mass is 9.83. The first-order valence-corrected chi connectivity index (χ1v) is 5.82. The second-order valence-corrected chi connectivity index (χ2v) is 4.92. The van der Waals surface area contributed by atoms with Crippen molar-refractivity contribution in [1.82, 2.24) is 0 Å². The van der Waals surface area contributed by atoms with E-state index in [-0.39, 0.29) is 0 Å². The van der Waals surface area contributed by atoms with Gasteiger partial charge in [0.25, 0.3) is 5.67 Å². The van der Waals surface area contributed by atoms with Gasteiger partial charge >= 0.3 is 42.0 Å². The molecule has 0 aliphatic heterocycles. The Labute approximate surface area is 137 Å². The van der Waals surface area contributed by atoms with E-state index in [4.69, 9.17) is 0 Å². The molecule has 0 amide bonds. The fourth-order valence-corrected chi connectivity index (χ4v) is 1.50. The van der Waals surface area contributed by atoms with Crippen molar-refractivity contribution in [3.8, 4) is 0 Å². The molecule has 0 aliphatic rings. The van der Waals surface area contributed by atoms with E-state index >= 15 is 0 Å². The summed E-state index contributed by atoms with van der Waals surface area (Å²) < 4.78 is 215. The standard InChI is InChI=1S/C10H4F17/c1-2-3(11,9(22,23)24)4(12,13)5(14,15)6(16,17)7(18,19)8(20,21)10(25,26)27/h1-2H2. The first-order valence-electron chi connectivity index (χ1n) is 5.82. The van der Waals surface area contributed by atoms with Gasteiger partial charge in [0.15, 0.2) is 0 Å². The highest BCUT2D eigenvalue weighted by molar-refractivity contribution is 5.16. The van der Waals surface area contributed by atoms with Gasteiger partial charge in [0.1, 0.15) is 0 Å². The smallest absolute Gasteiger partial charge is 0.227 e. The van der Waals surface area contributed by atoms with E-state index in [0.717, 1.165) is 0 Å². The highest BCUT2D eigenvalue weighted by Crippen LogP contribution is 2.64. The zero-order valence-electron chi connectivity index (χ0n) is 11.8. The van der Waals surface area contributed by atoms with Crippen molar-refractivity contribution in [3.05, 3.63) is 6.92 Å². The van der Waals surface area contributed by atoms with Crippen LogP contribution in [0.2, 0.25) is 0 Å². The minimum atomic E-state index is -8.51. The second kappa shape index (κ2) is 6.15. The van der Waals surface area contributed by atoms with Crippen molar-refractivity contribution in [1.29, 1.82) is 0 Å². The fourth-order valence-electron chi connectivity index (χ4n) is 1.50. The van der Waals surface area contributed by atoms with Crippen LogP contribution in [0.15, 0.2) is 0 Å². The van der Waals surface area contributed by atoms with Gasteiger partial charge in [-0.05, 0) is 13.3 Å². The van der Waals surface area contributed by atoms with Crippen molar-refractivity contribution in [2.75, 3.05) is 0 Å². The van der Waals surface area contributed by atoms with Crippen molar-refractivity contribution in [3.63, 3.8) is 0 Å². The van der Waals surface area contributed by atoms with Gasteiger partial charge in [-0.2, -0.15) is 70.2 Å². The Bertz CT molecular complexity index is 537. The molecule has 0 saturated carbocycles. The Morgan fingerprint density at radius 2 is 0.630 bits per heavy atom. The zero-order valence-corrected chi connectivity index (χ0v) is 11.8. The summed E-state index contributed by atoms with van der Waals surface area (Å²) in [5.41, 5.74) is -6.80. The Balaban J connectivity index is 6.73. The summed E-state index contributed by atoms with van der Waals surface area (Å²) in [5, 5.41) is 0. The minimum absolute atomic E-state index is 1.77. The Morgan fingerprint density at radius 3 is 0.852 bits per heavy atom. The average molecular weight is 447 g/mol. The van der Waals surface area contributed by atoms with E-state index in [0.29, 0.717) is 0 Å². The van der Waals surface area contributed by atoms with Gasteiger partial charge in [0, 0.05) is 0 Å². The molecule has 0 aromatic heterocycles. The van der Waals surface area contributed by atoms with Gasteiger partial charge in [0.2, 0.25) is 0 Å². The summed E-state index contributed by atoms with van der Waals surface area (Å²) in [4.78, 5) is 0. The molecule has 0 heterocycles. The molecule has 17 heteroatoms. The largest absolute Gasteiger partial charge is 0.460 e. The van der Waals surface area contributed by atoms with E-state index in [1.807, 2.05) is 0 Å². The van der Waals surface area contributed by atoms with Crippen LogP contribution in [0.4, 0.5) is 74.6 Å². The third-order valence-electron chi connectivity index (χ3n) is 3.22. The highest BCUT2D eigenvalue weighted by atomic mass is 19.4. The van der Waals surface area contributed by atoms with Crippen LogP contribution < -0.4 is 0 Å². The number of hydrogen-bond acceptors (Lipinski definition) is 0. The maximum absolute atomic E-state index is 13.3. The van der Waals surface area contributed by atoms with E-state index in [9.17, 15) is 74.6 Å². The van der Waals surface area contributed by atoms with Gasteiger partial charge in [-0.15, -0.1) is 0 Å². The molecule has 0 nitrogen and oxygen atoms in total. The summed E-state index contributed by atoms with van der Waals surface area (Å²) in [7, 11) is 0. The van der Waals surface area contributed by atoms with Crippen molar-refractivity contribution >= 4 is 0 Å². The second-order valence-electron chi connectivity index (χ2n) is 4.92. The molecular formula is C10H4F17. The predicted molar refractivity (Wildman–Crippen MR) is 50.7 cm³/mol. The van der Waals surface area contributed by atoms with E-state index in [1.165, 1.54) is 0 Å². The van der Waals surface area contributed by atoms with Crippen LogP contribution in [0.25, 0.3) is 0 Å². The molecule has 0 bridgehead atoms. The highest BCUT2D eigenvalue weighted by Gasteiger charge is 2.94. The molecule has 0 N–H and O–H groups in total. The predicted octanol–water partition coefficient (Wildman–Crippen LogP) is 6.22. The Hall–Kier alpha value is -1.19. The molecule has 1 radical (unpaired) electrons. The number of hydrogen-bond donors (Lipinski definition) is 0. The molecule has 0 rings (SSSR count). The number of rotatable bonds is 6. The molecule has 0 saturated heterocycles. The summed E-state index contributed by atoms with van der Waals surface area (Å²) in [6, 6.07) is 0. The van der Waals surface area contributed by atoms with Gasteiger partial charge in [0.05, 0.1) is 0 Å². The van der Waals surface area contributed by atoms with Crippen LogP contribution in [0.1, 0.15) is 6.42 Å². The number of alkyl halides is 17. The van der Waals surface area contributed by atoms with Crippen LogP contribution in [-0.2, 0) is 0 Å². The molecule has 1 unspecified atom stereocenters. The van der Waals surface area contributed by atoms with Gasteiger partial charge in [-0.25, -0.2) is 4.39 Å². The minimum Gasteiger partial charge on any atom is -0.227 e. The average Bonchev–Trinajstić information content (AvgIpc) is 2.42. The fraction of sp³-hybridized carbons (Fsp3) is 0.900. The number of halogens is 17. The van der Waals surface area contributed by atoms with Crippen molar-refractivity contribution in [2.24, 2.45) is 0 Å². The van der Waals surface area contributed by atoms with Gasteiger partial charge in [-0.1, -0.05) is 0 Å². The summed E-state index contributed by atoms with van der Waals surface area (Å²) >= 11 is 0. The van der Waals surface area contributed by atoms with Crippen molar-refractivity contribution in [2.45, 2.75) is 54.1 Å². The van der Waals surface area contributed by atoms with E-state index < -0.39 is 54.1 Å². The lowest BCUT2D eigenvalue weighted by Gasteiger charge is -2.43. The molecule has 0 spiro atoms. The molecule has 1 atom stereocenters. The quantitative estimate of drug-likeness (QED) is 0.425. The maximum atomic E-state index is 13.3.